The fraction of sp³-hybridized carbons (Fsp3) is 0.600. The van der Waals surface area contributed by atoms with E-state index in [9.17, 15) is 0 Å². The van der Waals surface area contributed by atoms with Gasteiger partial charge in [-0.1, -0.05) is 27.7 Å². The van der Waals surface area contributed by atoms with Gasteiger partial charge in [-0.15, -0.1) is 0 Å². The van der Waals surface area contributed by atoms with Crippen molar-refractivity contribution in [1.82, 2.24) is 0 Å². The molecule has 0 aliphatic rings. The predicted octanol–water partition coefficient (Wildman–Crippen LogP) is 2.56. The molecule has 0 saturated heterocycles. The van der Waals surface area contributed by atoms with Crippen molar-refractivity contribution in [3.8, 4) is 0 Å². The molecule has 0 aromatic heterocycles. The monoisotopic (exact) mass is 710 g/mol. The summed E-state index contributed by atoms with van der Waals surface area (Å²) in [4.78, 5) is 8.31. The van der Waals surface area contributed by atoms with Gasteiger partial charge in [0.15, 0.2) is 7.05 Å². The first-order valence-corrected chi connectivity index (χ1v) is 3.39. The topological polar surface area (TPSA) is 69.2 Å². The molecule has 0 aromatic rings. The molecule has 0 fully saturated rings. The van der Waals surface area contributed by atoms with Crippen LogP contribution in [0.2, 0.25) is 0 Å². The van der Waals surface area contributed by atoms with Crippen molar-refractivity contribution in [1.29, 1.82) is 0 Å². The molecule has 0 amide bonds. The van der Waals surface area contributed by atoms with E-state index >= 15 is 0 Å². The van der Waals surface area contributed by atoms with E-state index in [1.54, 1.807) is 0 Å². The first-order valence-electron chi connectivity index (χ1n) is 3.39. The van der Waals surface area contributed by atoms with Crippen LogP contribution >= 0.6 is 0 Å². The molecule has 18 heavy (non-hydrogen) atoms. The number of nitrogens with two attached hydrogens (primary N) is 1. The molecule has 4 nitrogen and oxygen atoms in total. The van der Waals surface area contributed by atoms with Gasteiger partial charge in [0.2, 0.25) is 0 Å². The number of rotatable bonds is 0. The Bertz CT molecular complexity index is 56.9. The number of hydrogen-bond acceptors (Lipinski definition) is 3. The molecule has 0 spiro atoms. The smallest absolute Gasteiger partial charge is 0.358 e. The molecule has 0 aromatic carbocycles. The van der Waals surface area contributed by atoms with E-state index in [-0.39, 0.29) is 109 Å². The number of nitro groups is 1. The van der Waals surface area contributed by atoms with E-state index in [2.05, 4.69) is 5.73 Å². The average Bonchev–Trinajstić information content (AvgIpc) is 1.98. The van der Waals surface area contributed by atoms with E-state index in [4.69, 9.17) is 10.1 Å². The van der Waals surface area contributed by atoms with Gasteiger partial charge in [-0.3, -0.25) is 10.1 Å². The standard InChI is InChI=1S/2C2H6.CH3NO2.CH5N.4CH3.2B.2U/c2*1-2;1-2(3)4;1-2;;;;;;;;/h2*1-2H3;1H3;2H2,1H3;4*1H3;;;;/q;;;;4*-1;;;2*+2. The van der Waals surface area contributed by atoms with Gasteiger partial charge in [0.05, 0.1) is 0 Å². The molecule has 0 saturated carbocycles. The van der Waals surface area contributed by atoms with E-state index in [0.717, 1.165) is 7.05 Å². The second kappa shape index (κ2) is 273. The summed E-state index contributed by atoms with van der Waals surface area (Å²) in [6, 6.07) is 0. The minimum Gasteiger partial charge on any atom is -0.358 e. The Hall–Kier alpha value is 1.59. The molecule has 0 atom stereocenters. The molecule has 0 heterocycles. The second-order valence-electron chi connectivity index (χ2n) is 0.440. The van der Waals surface area contributed by atoms with Crippen LogP contribution in [0.15, 0.2) is 0 Å². The Morgan fingerprint density at radius 3 is 0.778 bits per heavy atom. The minimum absolute atomic E-state index is 0. The van der Waals surface area contributed by atoms with Crippen LogP contribution in [-0.2, 0) is 0 Å². The van der Waals surface area contributed by atoms with E-state index in [1.807, 2.05) is 27.7 Å². The first kappa shape index (κ1) is 117. The maximum Gasteiger partial charge on any atom is 2.00 e. The Kier molecular flexibility index (Phi) is 1780. The van der Waals surface area contributed by atoms with Gasteiger partial charge in [-0.25, -0.2) is 0 Å². The van der Waals surface area contributed by atoms with Gasteiger partial charge in [-0.05, 0) is 7.05 Å². The van der Waals surface area contributed by atoms with Crippen LogP contribution in [-0.4, -0.2) is 35.8 Å². The fourth-order valence-corrected chi connectivity index (χ4v) is 0. The molecule has 0 unspecified atom stereocenters. The van der Waals surface area contributed by atoms with Gasteiger partial charge in [0, 0.05) is 21.7 Å². The predicted molar refractivity (Wildman–Crippen MR) is 82.9 cm³/mol. The van der Waals surface area contributed by atoms with Gasteiger partial charge in [0.1, 0.15) is 0 Å². The summed E-state index contributed by atoms with van der Waals surface area (Å²) in [5, 5.41) is 8.81. The van der Waals surface area contributed by atoms with Crippen LogP contribution in [0.5, 0.6) is 0 Å². The summed E-state index contributed by atoms with van der Waals surface area (Å²) in [5.41, 5.74) is 4.50. The van der Waals surface area contributed by atoms with Crippen LogP contribution in [0, 0.1) is 102 Å². The van der Waals surface area contributed by atoms with Crippen molar-refractivity contribution < 1.29 is 67.1 Å². The zero-order valence-corrected chi connectivity index (χ0v) is 22.3. The Labute approximate surface area is 169 Å². The van der Waals surface area contributed by atoms with Gasteiger partial charge in [-0.2, -0.15) is 0 Å². The summed E-state index contributed by atoms with van der Waals surface area (Å²) >= 11 is 0. The maximum absolute atomic E-state index is 8.81. The molecule has 8 heteroatoms. The quantitative estimate of drug-likeness (QED) is 0.182. The maximum atomic E-state index is 8.81. The van der Waals surface area contributed by atoms with Crippen molar-refractivity contribution in [2.75, 3.05) is 14.1 Å². The zero-order chi connectivity index (χ0) is 9.58. The van der Waals surface area contributed by atoms with Crippen molar-refractivity contribution in [2.45, 2.75) is 27.7 Å². The minimum atomic E-state index is -0.500. The van der Waals surface area contributed by atoms with Gasteiger partial charge < -0.3 is 35.4 Å². The molecule has 108 valence electrons. The van der Waals surface area contributed by atoms with Crippen LogP contribution in [0.4, 0.5) is 0 Å². The first-order chi connectivity index (χ1) is 4.73. The summed E-state index contributed by atoms with van der Waals surface area (Å²) in [6.45, 7) is 8.00. The third-order valence-corrected chi connectivity index (χ3v) is 0. The van der Waals surface area contributed by atoms with Crippen LogP contribution < -0.4 is 5.73 Å². The van der Waals surface area contributed by atoms with Crippen molar-refractivity contribution >= 4 is 16.8 Å². The molecule has 2 N–H and O–H groups in total. The zero-order valence-electron chi connectivity index (χ0n) is 14.0. The Morgan fingerprint density at radius 2 is 0.778 bits per heavy atom. The normalized spacial score (nSPS) is 2.39. The molecule has 0 aliphatic heterocycles. The average molecular weight is 710 g/mol. The third kappa shape index (κ3) is 1910. The third-order valence-electron chi connectivity index (χ3n) is 0. The van der Waals surface area contributed by atoms with Crippen LogP contribution in [0.1, 0.15) is 27.7 Å². The fourth-order valence-electron chi connectivity index (χ4n) is 0. The summed E-state index contributed by atoms with van der Waals surface area (Å²) < 4.78 is 0. The largest absolute Gasteiger partial charge is 2.00 e. The molecule has 0 bridgehead atoms. The van der Waals surface area contributed by atoms with Crippen molar-refractivity contribution in [2.24, 2.45) is 5.73 Å². The summed E-state index contributed by atoms with van der Waals surface area (Å²) in [7, 11) is 2.39. The van der Waals surface area contributed by atoms with Gasteiger partial charge >= 0.3 is 62.2 Å². The molecular formula is C10H32B2N2O2U2. The Morgan fingerprint density at radius 1 is 0.778 bits per heavy atom. The molecule has 6 radical (unpaired) electrons. The van der Waals surface area contributed by atoms with E-state index in [0.29, 0.717) is 0 Å². The van der Waals surface area contributed by atoms with Crippen molar-refractivity contribution in [3.63, 3.8) is 0 Å². The molecular weight excluding hydrogens is 678 g/mol. The van der Waals surface area contributed by atoms with Gasteiger partial charge in [0.25, 0.3) is 0 Å². The second-order valence-corrected chi connectivity index (χ2v) is 0.440. The van der Waals surface area contributed by atoms with Crippen LogP contribution in [0.3, 0.4) is 0 Å². The summed E-state index contributed by atoms with van der Waals surface area (Å²) in [5.74, 6) is 0. The van der Waals surface area contributed by atoms with E-state index < -0.39 is 4.92 Å². The SMILES string of the molecule is CC.CC.CN.C[N+](=O)[O-].[B].[B].[CH3-].[CH3-].[CH3-].[CH3-].[U+2].[U+2]. The summed E-state index contributed by atoms with van der Waals surface area (Å²) in [6.07, 6.45) is 0. The van der Waals surface area contributed by atoms with Crippen LogP contribution in [0.25, 0.3) is 0 Å². The molecule has 0 rings (SSSR count). The Balaban J connectivity index is -0.00000000241. The van der Waals surface area contributed by atoms with E-state index in [1.165, 1.54) is 7.05 Å². The number of hydrogen-bond donors (Lipinski definition) is 1. The van der Waals surface area contributed by atoms with Crippen molar-refractivity contribution in [3.05, 3.63) is 39.8 Å². The number of nitrogens with zero attached hydrogens (tertiary/aromatic N) is 1. The molecule has 0 aliphatic carbocycles.